The standard InChI is InChI=1S/C22H24F3N5O5S/c23-22(24,25)20(31)26-8-12-10-30-19(35-11-12)17(9-27-30)36(33,34)29-21(32)28-18-15-5-1-3-13(15)7-14-4-2-6-16(14)18/h7,9,12H,1-6,8,10-11H2,(H,26,31)(H2,28,29,32). The summed E-state index contributed by atoms with van der Waals surface area (Å²) >= 11 is 0. The predicted molar refractivity (Wildman–Crippen MR) is 120 cm³/mol. The summed E-state index contributed by atoms with van der Waals surface area (Å²) in [5.41, 5.74) is 5.18. The third-order valence-electron chi connectivity index (χ3n) is 6.68. The lowest BCUT2D eigenvalue weighted by Crippen LogP contribution is -2.42. The molecule has 0 spiro atoms. The fourth-order valence-electron chi connectivity index (χ4n) is 5.06. The average molecular weight is 528 g/mol. The molecule has 0 radical (unpaired) electrons. The lowest BCUT2D eigenvalue weighted by atomic mass is 9.99. The van der Waals surface area contributed by atoms with Crippen molar-refractivity contribution in [1.29, 1.82) is 0 Å². The number of alkyl halides is 3. The molecule has 3 aliphatic rings. The molecule has 3 amide bonds. The number of carbonyl (C=O) groups excluding carboxylic acids is 2. The molecule has 0 saturated carbocycles. The SMILES string of the molecule is O=C(Nc1c2c(cc3c1CCC3)CCC2)NS(=O)(=O)c1cnn2c1OCC(CNC(=O)C(F)(F)F)C2. The third-order valence-corrected chi connectivity index (χ3v) is 8.00. The molecule has 10 nitrogen and oxygen atoms in total. The highest BCUT2D eigenvalue weighted by Gasteiger charge is 2.39. The molecule has 1 aromatic carbocycles. The summed E-state index contributed by atoms with van der Waals surface area (Å²) in [5.74, 6) is -2.75. The zero-order valence-electron chi connectivity index (χ0n) is 19.1. The van der Waals surface area contributed by atoms with Crippen LogP contribution in [0.2, 0.25) is 0 Å². The Morgan fingerprint density at radius 1 is 1.11 bits per heavy atom. The van der Waals surface area contributed by atoms with Gasteiger partial charge < -0.3 is 15.4 Å². The number of anilines is 1. The number of benzene rings is 1. The largest absolute Gasteiger partial charge is 0.476 e. The second kappa shape index (κ2) is 8.98. The Morgan fingerprint density at radius 2 is 1.78 bits per heavy atom. The molecule has 0 saturated heterocycles. The highest BCUT2D eigenvalue weighted by molar-refractivity contribution is 7.90. The number of carbonyl (C=O) groups is 2. The lowest BCUT2D eigenvalue weighted by Gasteiger charge is -2.25. The number of nitrogens with zero attached hydrogens (tertiary/aromatic N) is 2. The molecular formula is C22H24F3N5O5S. The number of aromatic nitrogens is 2. The van der Waals surface area contributed by atoms with Crippen LogP contribution in [0.3, 0.4) is 0 Å². The van der Waals surface area contributed by atoms with Gasteiger partial charge in [0.2, 0.25) is 5.88 Å². The summed E-state index contributed by atoms with van der Waals surface area (Å²) in [7, 11) is -4.36. The Bertz CT molecular complexity index is 1310. The van der Waals surface area contributed by atoms with E-state index in [4.69, 9.17) is 4.74 Å². The number of ether oxygens (including phenoxy) is 1. The number of aryl methyl sites for hydroxylation is 2. The van der Waals surface area contributed by atoms with Crippen molar-refractivity contribution in [2.24, 2.45) is 5.92 Å². The maximum absolute atomic E-state index is 13.0. The van der Waals surface area contributed by atoms with Crippen molar-refractivity contribution >= 4 is 27.6 Å². The second-order valence-corrected chi connectivity index (χ2v) is 10.8. The molecule has 194 valence electrons. The maximum Gasteiger partial charge on any atom is 0.471 e. The van der Waals surface area contributed by atoms with Crippen molar-refractivity contribution in [3.05, 3.63) is 34.5 Å². The van der Waals surface area contributed by atoms with Gasteiger partial charge in [-0.1, -0.05) is 6.07 Å². The van der Waals surface area contributed by atoms with Gasteiger partial charge >= 0.3 is 18.1 Å². The van der Waals surface area contributed by atoms with Crippen molar-refractivity contribution in [1.82, 2.24) is 19.8 Å². The highest BCUT2D eigenvalue weighted by Crippen LogP contribution is 2.38. The van der Waals surface area contributed by atoms with E-state index in [1.807, 2.05) is 4.72 Å². The van der Waals surface area contributed by atoms with Gasteiger partial charge in [-0.2, -0.15) is 18.3 Å². The Labute approximate surface area is 204 Å². The molecule has 1 aromatic heterocycles. The molecule has 1 unspecified atom stereocenters. The molecule has 2 heterocycles. The highest BCUT2D eigenvalue weighted by atomic mass is 32.2. The van der Waals surface area contributed by atoms with E-state index in [9.17, 15) is 31.2 Å². The van der Waals surface area contributed by atoms with Crippen LogP contribution in [0, 0.1) is 5.92 Å². The van der Waals surface area contributed by atoms with Crippen LogP contribution in [0.15, 0.2) is 17.2 Å². The molecule has 2 aliphatic carbocycles. The second-order valence-electron chi connectivity index (χ2n) is 9.17. The van der Waals surface area contributed by atoms with Crippen LogP contribution in [0.1, 0.15) is 35.1 Å². The molecule has 0 fully saturated rings. The first-order valence-electron chi connectivity index (χ1n) is 11.6. The number of fused-ring (bicyclic) bond motifs is 3. The van der Waals surface area contributed by atoms with Crippen LogP contribution in [0.4, 0.5) is 23.7 Å². The van der Waals surface area contributed by atoms with Gasteiger partial charge in [-0.25, -0.2) is 22.6 Å². The van der Waals surface area contributed by atoms with Crippen LogP contribution in [-0.4, -0.2) is 49.5 Å². The van der Waals surface area contributed by atoms with E-state index in [0.717, 1.165) is 55.8 Å². The smallest absolute Gasteiger partial charge is 0.471 e. The molecule has 5 rings (SSSR count). The number of nitrogens with one attached hydrogen (secondary N) is 3. The average Bonchev–Trinajstić information content (AvgIpc) is 3.55. The van der Waals surface area contributed by atoms with Gasteiger partial charge in [0, 0.05) is 18.2 Å². The minimum absolute atomic E-state index is 0.0253. The van der Waals surface area contributed by atoms with Crippen LogP contribution in [0.25, 0.3) is 0 Å². The Balaban J connectivity index is 1.27. The Hall–Kier alpha value is -3.29. The Morgan fingerprint density at radius 3 is 2.42 bits per heavy atom. The zero-order chi connectivity index (χ0) is 25.7. The quantitative estimate of drug-likeness (QED) is 0.546. The molecule has 14 heteroatoms. The monoisotopic (exact) mass is 527 g/mol. The van der Waals surface area contributed by atoms with Crippen molar-refractivity contribution in [2.75, 3.05) is 18.5 Å². The van der Waals surface area contributed by atoms with Crippen molar-refractivity contribution < 1.29 is 35.9 Å². The van der Waals surface area contributed by atoms with E-state index in [2.05, 4.69) is 16.5 Å². The maximum atomic E-state index is 13.0. The topological polar surface area (TPSA) is 131 Å². The third kappa shape index (κ3) is 4.61. The number of amides is 3. The van der Waals surface area contributed by atoms with Crippen molar-refractivity contribution in [3.8, 4) is 5.88 Å². The fraction of sp³-hybridized carbons (Fsp3) is 0.500. The predicted octanol–water partition coefficient (Wildman–Crippen LogP) is 2.06. The Kier molecular flexibility index (Phi) is 6.09. The first-order chi connectivity index (χ1) is 17.0. The first kappa shape index (κ1) is 24.4. The van der Waals surface area contributed by atoms with E-state index < -0.39 is 34.1 Å². The van der Waals surface area contributed by atoms with E-state index in [1.165, 1.54) is 15.8 Å². The molecular weight excluding hydrogens is 503 g/mol. The minimum atomic E-state index is -5.00. The van der Waals surface area contributed by atoms with E-state index >= 15 is 0 Å². The summed E-state index contributed by atoms with van der Waals surface area (Å²) < 4.78 is 71.7. The summed E-state index contributed by atoms with van der Waals surface area (Å²) in [5, 5.41) is 8.47. The van der Waals surface area contributed by atoms with Crippen molar-refractivity contribution in [2.45, 2.75) is 56.1 Å². The number of sulfonamides is 1. The number of hydrogen-bond acceptors (Lipinski definition) is 6. The van der Waals surface area contributed by atoms with E-state index in [0.29, 0.717) is 5.69 Å². The van der Waals surface area contributed by atoms with Gasteiger partial charge in [0.05, 0.1) is 19.3 Å². The number of halogens is 3. The van der Waals surface area contributed by atoms with Gasteiger partial charge in [-0.05, 0) is 60.8 Å². The molecule has 2 aromatic rings. The zero-order valence-corrected chi connectivity index (χ0v) is 19.9. The summed E-state index contributed by atoms with van der Waals surface area (Å²) in [6.45, 7) is -0.440. The molecule has 3 N–H and O–H groups in total. The normalized spacial score (nSPS) is 18.6. The first-order valence-corrected chi connectivity index (χ1v) is 13.0. The van der Waals surface area contributed by atoms with Gasteiger partial charge in [0.25, 0.3) is 10.0 Å². The fourth-order valence-corrected chi connectivity index (χ4v) is 6.04. The molecule has 36 heavy (non-hydrogen) atoms. The number of urea groups is 1. The van der Waals surface area contributed by atoms with Crippen LogP contribution in [0.5, 0.6) is 5.88 Å². The molecule has 1 atom stereocenters. The van der Waals surface area contributed by atoms with Gasteiger partial charge in [0.1, 0.15) is 0 Å². The van der Waals surface area contributed by atoms with Gasteiger partial charge in [0.15, 0.2) is 4.90 Å². The van der Waals surface area contributed by atoms with Gasteiger partial charge in [-0.15, -0.1) is 0 Å². The number of hydrogen-bond donors (Lipinski definition) is 3. The van der Waals surface area contributed by atoms with Gasteiger partial charge in [-0.3, -0.25) is 4.79 Å². The lowest BCUT2D eigenvalue weighted by molar-refractivity contribution is -0.173. The summed E-state index contributed by atoms with van der Waals surface area (Å²) in [6, 6.07) is 1.30. The van der Waals surface area contributed by atoms with E-state index in [1.54, 1.807) is 5.32 Å². The van der Waals surface area contributed by atoms with Crippen LogP contribution >= 0.6 is 0 Å². The van der Waals surface area contributed by atoms with Crippen molar-refractivity contribution in [3.63, 3.8) is 0 Å². The summed E-state index contributed by atoms with van der Waals surface area (Å²) in [6.07, 6.45) is 1.47. The van der Waals surface area contributed by atoms with E-state index in [-0.39, 0.29) is 30.5 Å². The van der Waals surface area contributed by atoms with Crippen LogP contribution in [-0.2, 0) is 47.0 Å². The van der Waals surface area contributed by atoms with Crippen LogP contribution < -0.4 is 20.1 Å². The number of rotatable bonds is 5. The molecule has 0 bridgehead atoms. The summed E-state index contributed by atoms with van der Waals surface area (Å²) in [4.78, 5) is 23.4. The molecule has 1 aliphatic heterocycles. The minimum Gasteiger partial charge on any atom is -0.476 e.